The first kappa shape index (κ1) is 47.6. The first-order valence-corrected chi connectivity index (χ1v) is 25.6. The van der Waals surface area contributed by atoms with E-state index in [-0.39, 0.29) is 36.7 Å². The van der Waals surface area contributed by atoms with E-state index in [0.717, 1.165) is 119 Å². The van der Waals surface area contributed by atoms with Crippen LogP contribution in [0.1, 0.15) is 106 Å². The number of alkyl halides is 2. The van der Waals surface area contributed by atoms with Crippen molar-refractivity contribution in [3.05, 3.63) is 114 Å². The molecule has 70 heavy (non-hydrogen) atoms. The summed E-state index contributed by atoms with van der Waals surface area (Å²) in [6, 6.07) is 20.4. The van der Waals surface area contributed by atoms with E-state index in [9.17, 15) is 23.5 Å². The van der Waals surface area contributed by atoms with Gasteiger partial charge in [0.1, 0.15) is 12.0 Å². The molecule has 2 aromatic carbocycles. The van der Waals surface area contributed by atoms with Crippen molar-refractivity contribution in [2.24, 2.45) is 11.8 Å². The van der Waals surface area contributed by atoms with E-state index in [0.29, 0.717) is 34.0 Å². The van der Waals surface area contributed by atoms with E-state index >= 15 is 0 Å². The number of nitrogens with zero attached hydrogens (tertiary/aromatic N) is 8. The second-order valence-corrected chi connectivity index (χ2v) is 20.8. The van der Waals surface area contributed by atoms with Crippen LogP contribution in [-0.2, 0) is 9.59 Å². The minimum atomic E-state index is -2.66. The number of nitrogens with one attached hydrogen (secondary N) is 1. The number of benzene rings is 2. The summed E-state index contributed by atoms with van der Waals surface area (Å²) in [6.07, 6.45) is 9.75. The number of aliphatic hydroxyl groups excluding tert-OH is 1. The van der Waals surface area contributed by atoms with Crippen molar-refractivity contribution < 1.29 is 28.0 Å². The average Bonchev–Trinajstić information content (AvgIpc) is 4.19. The van der Waals surface area contributed by atoms with Gasteiger partial charge in [-0.25, -0.2) is 4.98 Å². The maximum absolute atomic E-state index is 14.3. The van der Waals surface area contributed by atoms with Crippen LogP contribution in [0.5, 0.6) is 0 Å². The number of carbonyl (C=O) groups is 2. The number of halogens is 2. The molecule has 5 aromatic heterocycles. The summed E-state index contributed by atoms with van der Waals surface area (Å²) < 4.78 is 35.4. The molecular weight excluding hydrogens is 909 g/mol. The highest BCUT2D eigenvalue weighted by molar-refractivity contribution is 7.13. The number of pyridine rings is 2. The number of hydrogen-bond donors (Lipinski definition) is 2. The number of carbonyl (C=O) groups excluding carboxylic acids is 2. The fraction of sp³-hybridized carbons (Fsp3) is 0.444. The number of amides is 2. The molecular formula is C54H61F2N9O4S. The van der Waals surface area contributed by atoms with E-state index in [1.165, 1.54) is 4.90 Å². The van der Waals surface area contributed by atoms with E-state index in [2.05, 4.69) is 42.4 Å². The molecule has 2 N–H and O–H groups in total. The Labute approximate surface area is 410 Å². The van der Waals surface area contributed by atoms with Crippen molar-refractivity contribution in [3.63, 3.8) is 0 Å². The highest BCUT2D eigenvalue weighted by Crippen LogP contribution is 2.38. The van der Waals surface area contributed by atoms with Crippen LogP contribution in [-0.4, -0.2) is 103 Å². The van der Waals surface area contributed by atoms with Crippen LogP contribution < -0.4 is 10.2 Å². The molecule has 366 valence electrons. The number of anilines is 1. The Balaban J connectivity index is 0.688. The SMILES string of the molecule is Cc1ncsc1-c1ccc([C@H](C)NC(=O)[C@@H]2C[C@@H](O)CN2C(=O)[C@H](c2cc(N3CCC(CCN4CCC(c5ccc(-c6ccc7c8cnccc8n(C(F)F)c7c6)cn5)CC4)CC3)no2)C(C)C)cc1. The summed E-state index contributed by atoms with van der Waals surface area (Å²) in [7, 11) is 0. The number of thiazole rings is 1. The predicted octanol–water partition coefficient (Wildman–Crippen LogP) is 10.1. The molecule has 8 heterocycles. The maximum atomic E-state index is 14.3. The fourth-order valence-corrected chi connectivity index (χ4v) is 11.9. The number of likely N-dealkylation sites (tertiary alicyclic amines) is 2. The van der Waals surface area contributed by atoms with Crippen molar-refractivity contribution in [3.8, 4) is 21.6 Å². The lowest BCUT2D eigenvalue weighted by Gasteiger charge is -2.35. The lowest BCUT2D eigenvalue weighted by molar-refractivity contribution is -0.141. The first-order valence-electron chi connectivity index (χ1n) is 24.8. The molecule has 3 fully saturated rings. The van der Waals surface area contributed by atoms with Crippen molar-refractivity contribution in [2.75, 3.05) is 44.2 Å². The lowest BCUT2D eigenvalue weighted by atomic mass is 9.90. The quantitative estimate of drug-likeness (QED) is 0.108. The van der Waals surface area contributed by atoms with Gasteiger partial charge in [0.2, 0.25) is 11.8 Å². The number of aryl methyl sites for hydroxylation is 1. The average molecular weight is 970 g/mol. The number of hydrogen-bond acceptors (Lipinski definition) is 11. The monoisotopic (exact) mass is 969 g/mol. The van der Waals surface area contributed by atoms with Gasteiger partial charge in [-0.2, -0.15) is 8.78 Å². The van der Waals surface area contributed by atoms with Crippen LogP contribution >= 0.6 is 11.3 Å². The van der Waals surface area contributed by atoms with Crippen LogP contribution in [0.3, 0.4) is 0 Å². The Hall–Kier alpha value is -6.10. The summed E-state index contributed by atoms with van der Waals surface area (Å²) in [4.78, 5) is 49.0. The molecule has 3 aliphatic heterocycles. The second kappa shape index (κ2) is 20.3. The van der Waals surface area contributed by atoms with E-state index in [4.69, 9.17) is 9.51 Å². The summed E-state index contributed by atoms with van der Waals surface area (Å²) in [5, 5.41) is 19.8. The topological polar surface area (TPSA) is 146 Å². The third-order valence-electron chi connectivity index (χ3n) is 15.1. The minimum Gasteiger partial charge on any atom is -0.391 e. The van der Waals surface area contributed by atoms with E-state index < -0.39 is 24.6 Å². The van der Waals surface area contributed by atoms with Crippen LogP contribution in [0.15, 0.2) is 95.4 Å². The minimum absolute atomic E-state index is 0.0796. The molecule has 0 spiro atoms. The van der Waals surface area contributed by atoms with Crippen molar-refractivity contribution >= 4 is 50.8 Å². The molecule has 10 rings (SSSR count). The van der Waals surface area contributed by atoms with Gasteiger partial charge in [0.15, 0.2) is 11.6 Å². The molecule has 0 radical (unpaired) electrons. The molecule has 13 nitrogen and oxygen atoms in total. The summed E-state index contributed by atoms with van der Waals surface area (Å²) in [6.45, 7) is 10.1. The molecule has 4 atom stereocenters. The highest BCUT2D eigenvalue weighted by Gasteiger charge is 2.44. The smallest absolute Gasteiger partial charge is 0.319 e. The lowest BCUT2D eigenvalue weighted by Crippen LogP contribution is -2.48. The van der Waals surface area contributed by atoms with Gasteiger partial charge in [0.25, 0.3) is 0 Å². The van der Waals surface area contributed by atoms with Gasteiger partial charge >= 0.3 is 6.55 Å². The zero-order valence-electron chi connectivity index (χ0n) is 40.2. The molecule has 3 saturated heterocycles. The first-order chi connectivity index (χ1) is 33.9. The number of fused-ring (bicyclic) bond motifs is 3. The molecule has 16 heteroatoms. The van der Waals surface area contributed by atoms with Gasteiger partial charge in [-0.3, -0.25) is 24.1 Å². The predicted molar refractivity (Wildman–Crippen MR) is 269 cm³/mol. The van der Waals surface area contributed by atoms with Crippen LogP contribution in [0.25, 0.3) is 43.4 Å². The fourth-order valence-electron chi connectivity index (χ4n) is 11.1. The zero-order chi connectivity index (χ0) is 48.6. The molecule has 0 bridgehead atoms. The van der Waals surface area contributed by atoms with E-state index in [1.807, 2.05) is 87.9 Å². The Morgan fingerprint density at radius 3 is 2.33 bits per heavy atom. The summed E-state index contributed by atoms with van der Waals surface area (Å²) >= 11 is 1.60. The van der Waals surface area contributed by atoms with Gasteiger partial charge in [-0.05, 0) is 112 Å². The van der Waals surface area contributed by atoms with Gasteiger partial charge in [0.05, 0.1) is 39.3 Å². The number of rotatable bonds is 14. The van der Waals surface area contributed by atoms with Gasteiger partial charge < -0.3 is 29.6 Å². The molecule has 3 aliphatic rings. The van der Waals surface area contributed by atoms with Gasteiger partial charge in [-0.1, -0.05) is 61.5 Å². The Kier molecular flexibility index (Phi) is 13.8. The van der Waals surface area contributed by atoms with Gasteiger partial charge in [-0.15, -0.1) is 11.3 Å². The molecule has 0 saturated carbocycles. The largest absolute Gasteiger partial charge is 0.391 e. The summed E-state index contributed by atoms with van der Waals surface area (Å²) in [5.41, 5.74) is 8.63. The number of piperidine rings is 2. The highest BCUT2D eigenvalue weighted by atomic mass is 32.1. The van der Waals surface area contributed by atoms with Crippen LogP contribution in [0, 0.1) is 18.8 Å². The molecule has 2 amide bonds. The normalized spacial score (nSPS) is 19.5. The Morgan fingerprint density at radius 1 is 0.871 bits per heavy atom. The molecule has 0 unspecified atom stereocenters. The number of β-amino-alcohol motifs (C(OH)–C–C–N with tert-alkyl or cyclic N) is 1. The van der Waals surface area contributed by atoms with Crippen molar-refractivity contribution in [2.45, 2.75) is 103 Å². The third kappa shape index (κ3) is 9.69. The summed E-state index contributed by atoms with van der Waals surface area (Å²) in [5.74, 6) is 0.871. The van der Waals surface area contributed by atoms with Crippen molar-refractivity contribution in [1.29, 1.82) is 0 Å². The van der Waals surface area contributed by atoms with Crippen LogP contribution in [0.4, 0.5) is 14.6 Å². The molecule has 0 aliphatic carbocycles. The maximum Gasteiger partial charge on any atom is 0.319 e. The molecule has 7 aromatic rings. The second-order valence-electron chi connectivity index (χ2n) is 19.9. The number of aromatic nitrogens is 5. The standard InChI is InChI=1S/C54H61F2N9O4S/c1-32(2)50(53(68)64-30-41(66)26-47(64)52(67)60-33(3)36-5-7-38(8-6-36)51-34(4)59-31-70-51)48-27-49(61-69-48)63-23-15-35(16-24-63)14-20-62-21-17-37(18-22-62)44-12-10-40(28-58-44)39-9-11-42-43-29-57-19-13-45(43)65(54(55)56)46(42)25-39/h5-13,19,25,27-29,31-33,35,37,41,47,50,54,66H,14-18,20-24,26,30H2,1-4H3,(H,60,67)/t33-,41+,47-,50-/m0/s1. The van der Waals surface area contributed by atoms with Crippen LogP contribution in [0.2, 0.25) is 0 Å². The third-order valence-corrected chi connectivity index (χ3v) is 16.1. The Morgan fingerprint density at radius 2 is 1.63 bits per heavy atom. The van der Waals surface area contributed by atoms with Crippen molar-refractivity contribution in [1.82, 2.24) is 39.8 Å². The number of aliphatic hydroxyl groups is 1. The van der Waals surface area contributed by atoms with Gasteiger partial charge in [0, 0.05) is 78.7 Å². The zero-order valence-corrected chi connectivity index (χ0v) is 41.0. The Bertz CT molecular complexity index is 2940. The van der Waals surface area contributed by atoms with E-state index in [1.54, 1.807) is 29.8 Å².